The highest BCUT2D eigenvalue weighted by atomic mass is 19.1. The molecule has 0 heterocycles. The van der Waals surface area contributed by atoms with Crippen molar-refractivity contribution in [2.75, 3.05) is 0 Å². The van der Waals surface area contributed by atoms with Crippen LogP contribution in [0.15, 0.2) is 12.1 Å². The first-order chi connectivity index (χ1) is 5.70. The van der Waals surface area contributed by atoms with Gasteiger partial charge in [0.05, 0.1) is 0 Å². The average molecular weight is 165 g/mol. The summed E-state index contributed by atoms with van der Waals surface area (Å²) in [5, 5.41) is 0. The summed E-state index contributed by atoms with van der Waals surface area (Å²) in [5.74, 6) is -0.0551. The first kappa shape index (κ1) is 7.74. The Morgan fingerprint density at radius 3 is 3.00 bits per heavy atom. The van der Waals surface area contributed by atoms with Crippen molar-refractivity contribution in [3.05, 3.63) is 34.6 Å². The summed E-state index contributed by atoms with van der Waals surface area (Å²) in [5.41, 5.74) is 8.36. The fourth-order valence-electron chi connectivity index (χ4n) is 1.81. The Bertz CT molecular complexity index is 320. The lowest BCUT2D eigenvalue weighted by Gasteiger charge is -2.06. The maximum Gasteiger partial charge on any atom is 0.129 e. The van der Waals surface area contributed by atoms with E-state index in [1.165, 1.54) is 0 Å². The van der Waals surface area contributed by atoms with Gasteiger partial charge in [-0.05, 0) is 36.5 Å². The third kappa shape index (κ3) is 0.950. The smallest absolute Gasteiger partial charge is 0.129 e. The van der Waals surface area contributed by atoms with E-state index in [1.54, 1.807) is 13.0 Å². The van der Waals surface area contributed by atoms with Gasteiger partial charge in [-0.25, -0.2) is 4.39 Å². The molecule has 1 aliphatic carbocycles. The Balaban J connectivity index is 2.60. The molecule has 1 aromatic rings. The van der Waals surface area contributed by atoms with Crippen LogP contribution in [0.1, 0.15) is 29.2 Å². The summed E-state index contributed by atoms with van der Waals surface area (Å²) in [6, 6.07) is 3.81. The maximum absolute atomic E-state index is 13.4. The summed E-state index contributed by atoms with van der Waals surface area (Å²) < 4.78 is 13.4. The van der Waals surface area contributed by atoms with Crippen LogP contribution in [-0.2, 0) is 6.42 Å². The van der Waals surface area contributed by atoms with E-state index < -0.39 is 0 Å². The molecule has 0 radical (unpaired) electrons. The molecule has 0 fully saturated rings. The van der Waals surface area contributed by atoms with Gasteiger partial charge in [0.25, 0.3) is 0 Å². The molecule has 2 heteroatoms. The molecule has 0 bridgehead atoms. The molecule has 1 aromatic carbocycles. The topological polar surface area (TPSA) is 26.0 Å². The molecule has 2 rings (SSSR count). The van der Waals surface area contributed by atoms with Gasteiger partial charge in [0.15, 0.2) is 0 Å². The predicted molar refractivity (Wildman–Crippen MR) is 46.4 cm³/mol. The second-order valence-electron chi connectivity index (χ2n) is 3.41. The Hall–Kier alpha value is -0.890. The van der Waals surface area contributed by atoms with E-state index >= 15 is 0 Å². The molecule has 1 atom stereocenters. The highest BCUT2D eigenvalue weighted by molar-refractivity contribution is 5.38. The molecule has 1 aliphatic rings. The van der Waals surface area contributed by atoms with Crippen molar-refractivity contribution in [1.82, 2.24) is 0 Å². The van der Waals surface area contributed by atoms with Gasteiger partial charge in [0, 0.05) is 6.04 Å². The maximum atomic E-state index is 13.4. The second kappa shape index (κ2) is 2.56. The Morgan fingerprint density at radius 1 is 1.50 bits per heavy atom. The molecule has 0 unspecified atom stereocenters. The molecular formula is C10H12FN. The van der Waals surface area contributed by atoms with Crippen molar-refractivity contribution < 1.29 is 4.39 Å². The van der Waals surface area contributed by atoms with Gasteiger partial charge < -0.3 is 5.73 Å². The van der Waals surface area contributed by atoms with Crippen LogP contribution in [-0.4, -0.2) is 0 Å². The van der Waals surface area contributed by atoms with Crippen LogP contribution in [0.3, 0.4) is 0 Å². The molecule has 12 heavy (non-hydrogen) atoms. The normalized spacial score (nSPS) is 21.1. The van der Waals surface area contributed by atoms with Crippen molar-refractivity contribution in [3.63, 3.8) is 0 Å². The molecule has 0 saturated carbocycles. The van der Waals surface area contributed by atoms with Gasteiger partial charge in [-0.2, -0.15) is 0 Å². The van der Waals surface area contributed by atoms with E-state index in [0.29, 0.717) is 0 Å². The van der Waals surface area contributed by atoms with E-state index in [4.69, 9.17) is 5.73 Å². The van der Waals surface area contributed by atoms with Crippen LogP contribution >= 0.6 is 0 Å². The number of aryl methyl sites for hydroxylation is 1. The summed E-state index contributed by atoms with van der Waals surface area (Å²) in [6.45, 7) is 1.79. The van der Waals surface area contributed by atoms with Gasteiger partial charge in [-0.3, -0.25) is 0 Å². The molecule has 0 spiro atoms. The molecule has 0 aliphatic heterocycles. The zero-order chi connectivity index (χ0) is 8.72. The number of halogens is 1. The van der Waals surface area contributed by atoms with Gasteiger partial charge in [-0.1, -0.05) is 12.1 Å². The summed E-state index contributed by atoms with van der Waals surface area (Å²) in [6.07, 6.45) is 1.68. The second-order valence-corrected chi connectivity index (χ2v) is 3.41. The number of hydrogen-bond donors (Lipinski definition) is 1. The van der Waals surface area contributed by atoms with Gasteiger partial charge in [0.2, 0.25) is 0 Å². The third-order valence-electron chi connectivity index (χ3n) is 2.58. The van der Waals surface area contributed by atoms with E-state index in [0.717, 1.165) is 29.5 Å². The predicted octanol–water partition coefficient (Wildman–Crippen LogP) is 2.08. The lowest BCUT2D eigenvalue weighted by atomic mass is 10.1. The minimum atomic E-state index is -0.0551. The van der Waals surface area contributed by atoms with Crippen molar-refractivity contribution in [2.45, 2.75) is 25.8 Å². The zero-order valence-corrected chi connectivity index (χ0v) is 7.10. The fraction of sp³-hybridized carbons (Fsp3) is 0.400. The molecule has 0 aromatic heterocycles. The third-order valence-corrected chi connectivity index (χ3v) is 2.58. The highest BCUT2D eigenvalue weighted by Gasteiger charge is 2.22. The highest BCUT2D eigenvalue weighted by Crippen LogP contribution is 2.31. The molecule has 0 amide bonds. The molecule has 2 N–H and O–H groups in total. The lowest BCUT2D eigenvalue weighted by Crippen LogP contribution is -2.05. The zero-order valence-electron chi connectivity index (χ0n) is 7.10. The summed E-state index contributed by atoms with van der Waals surface area (Å²) >= 11 is 0. The molecule has 1 nitrogen and oxygen atoms in total. The summed E-state index contributed by atoms with van der Waals surface area (Å²) in [4.78, 5) is 0. The van der Waals surface area contributed by atoms with Crippen molar-refractivity contribution in [1.29, 1.82) is 0 Å². The van der Waals surface area contributed by atoms with E-state index in [-0.39, 0.29) is 11.9 Å². The number of hydrogen-bond acceptors (Lipinski definition) is 1. The SMILES string of the molecule is Cc1ccc2c(c1F)CC[C@@H]2N. The molecular weight excluding hydrogens is 153 g/mol. The number of benzene rings is 1. The van der Waals surface area contributed by atoms with Gasteiger partial charge >= 0.3 is 0 Å². The largest absolute Gasteiger partial charge is 0.324 e. The average Bonchev–Trinajstić information content (AvgIpc) is 2.41. The van der Waals surface area contributed by atoms with Crippen molar-refractivity contribution in [3.8, 4) is 0 Å². The Kier molecular flexibility index (Phi) is 1.65. The number of fused-ring (bicyclic) bond motifs is 1. The van der Waals surface area contributed by atoms with E-state index in [9.17, 15) is 4.39 Å². The molecule has 0 saturated heterocycles. The first-order valence-corrected chi connectivity index (χ1v) is 4.23. The minimum absolute atomic E-state index is 0.0510. The number of nitrogens with two attached hydrogens (primary N) is 1. The van der Waals surface area contributed by atoms with Crippen LogP contribution in [0, 0.1) is 12.7 Å². The Labute approximate surface area is 71.4 Å². The standard InChI is InChI=1S/C10H12FN/c1-6-2-3-7-8(10(6)11)4-5-9(7)12/h2-3,9H,4-5,12H2,1H3/t9-/m0/s1. The van der Waals surface area contributed by atoms with Crippen molar-refractivity contribution in [2.24, 2.45) is 5.73 Å². The number of rotatable bonds is 0. The Morgan fingerprint density at radius 2 is 2.25 bits per heavy atom. The minimum Gasteiger partial charge on any atom is -0.324 e. The van der Waals surface area contributed by atoms with Crippen LogP contribution in [0.5, 0.6) is 0 Å². The van der Waals surface area contributed by atoms with Gasteiger partial charge in [0.1, 0.15) is 5.82 Å². The van der Waals surface area contributed by atoms with E-state index in [2.05, 4.69) is 0 Å². The van der Waals surface area contributed by atoms with Crippen LogP contribution < -0.4 is 5.73 Å². The van der Waals surface area contributed by atoms with Crippen LogP contribution in [0.25, 0.3) is 0 Å². The van der Waals surface area contributed by atoms with Gasteiger partial charge in [-0.15, -0.1) is 0 Å². The quantitative estimate of drug-likeness (QED) is 0.625. The van der Waals surface area contributed by atoms with Crippen LogP contribution in [0.2, 0.25) is 0 Å². The van der Waals surface area contributed by atoms with Crippen LogP contribution in [0.4, 0.5) is 4.39 Å². The van der Waals surface area contributed by atoms with Crippen molar-refractivity contribution >= 4 is 0 Å². The van der Waals surface area contributed by atoms with E-state index in [1.807, 2.05) is 6.07 Å². The molecule has 64 valence electrons. The lowest BCUT2D eigenvalue weighted by molar-refractivity contribution is 0.603. The first-order valence-electron chi connectivity index (χ1n) is 4.23. The summed E-state index contributed by atoms with van der Waals surface area (Å²) in [7, 11) is 0. The fourth-order valence-corrected chi connectivity index (χ4v) is 1.81. The monoisotopic (exact) mass is 165 g/mol.